The van der Waals surface area contributed by atoms with Crippen molar-refractivity contribution in [3.8, 4) is 6.07 Å². The maximum Gasteiger partial charge on any atom is 0.307 e. The molecule has 0 aliphatic heterocycles. The summed E-state index contributed by atoms with van der Waals surface area (Å²) in [5.41, 5.74) is -0.205. The fourth-order valence-corrected chi connectivity index (χ4v) is 2.15. The third kappa shape index (κ3) is 1.78. The van der Waals surface area contributed by atoms with Crippen LogP contribution in [0.25, 0.3) is 0 Å². The lowest BCUT2D eigenvalue weighted by molar-refractivity contribution is -0.139. The molecule has 0 amide bonds. The van der Waals surface area contributed by atoms with Gasteiger partial charge in [-0.25, -0.2) is 0 Å². The second-order valence-corrected chi connectivity index (χ2v) is 4.86. The first-order valence-electron chi connectivity index (χ1n) is 4.34. The van der Waals surface area contributed by atoms with Crippen LogP contribution >= 0.6 is 11.8 Å². The lowest BCUT2D eigenvalue weighted by Gasteiger charge is -1.97. The normalized spacial score (nSPS) is 29.4. The van der Waals surface area contributed by atoms with Crippen molar-refractivity contribution >= 4 is 17.7 Å². The summed E-state index contributed by atoms with van der Waals surface area (Å²) in [7, 11) is 0. The summed E-state index contributed by atoms with van der Waals surface area (Å²) in [5.74, 6) is -1.10. The summed E-state index contributed by atoms with van der Waals surface area (Å²) in [6.07, 6.45) is 3.60. The molecule has 1 rings (SSSR count). The van der Waals surface area contributed by atoms with Crippen LogP contribution in [-0.2, 0) is 4.79 Å². The highest BCUT2D eigenvalue weighted by Gasteiger charge is 2.61. The maximum atomic E-state index is 10.8. The quantitative estimate of drug-likeness (QED) is 0.726. The highest BCUT2D eigenvalue weighted by atomic mass is 32.2. The van der Waals surface area contributed by atoms with Crippen molar-refractivity contribution in [3.63, 3.8) is 0 Å². The number of carbonyl (C=O) groups is 1. The Bertz CT molecular complexity index is 328. The van der Waals surface area contributed by atoms with Gasteiger partial charge in [-0.2, -0.15) is 5.26 Å². The molecule has 1 aliphatic rings. The van der Waals surface area contributed by atoms with E-state index in [0.717, 1.165) is 0 Å². The molecule has 0 aromatic rings. The number of thioether (sulfide) groups is 1. The van der Waals surface area contributed by atoms with Gasteiger partial charge in [-0.3, -0.25) is 4.79 Å². The van der Waals surface area contributed by atoms with Crippen LogP contribution in [0.5, 0.6) is 0 Å². The van der Waals surface area contributed by atoms with Crippen molar-refractivity contribution in [2.24, 2.45) is 17.3 Å². The predicted molar refractivity (Wildman–Crippen MR) is 55.6 cm³/mol. The van der Waals surface area contributed by atoms with Gasteiger partial charge in [0, 0.05) is 0 Å². The van der Waals surface area contributed by atoms with Gasteiger partial charge in [-0.15, -0.1) is 11.8 Å². The van der Waals surface area contributed by atoms with Crippen LogP contribution in [0, 0.1) is 28.6 Å². The van der Waals surface area contributed by atoms with E-state index in [9.17, 15) is 4.79 Å². The number of nitrogens with zero attached hydrogens (tertiary/aromatic N) is 1. The smallest absolute Gasteiger partial charge is 0.307 e. The van der Waals surface area contributed by atoms with Crippen LogP contribution in [-0.4, -0.2) is 17.3 Å². The zero-order valence-electron chi connectivity index (χ0n) is 8.44. The summed E-state index contributed by atoms with van der Waals surface area (Å²) in [4.78, 5) is 11.4. The van der Waals surface area contributed by atoms with Crippen molar-refractivity contribution < 1.29 is 9.90 Å². The lowest BCUT2D eigenvalue weighted by atomic mass is 10.1. The molecule has 0 heterocycles. The molecule has 1 unspecified atom stereocenters. The first-order chi connectivity index (χ1) is 6.45. The molecule has 0 saturated heterocycles. The third-order valence-electron chi connectivity index (χ3n) is 2.84. The molecule has 3 nitrogen and oxygen atoms in total. The van der Waals surface area contributed by atoms with E-state index in [4.69, 9.17) is 10.4 Å². The summed E-state index contributed by atoms with van der Waals surface area (Å²) in [5, 5.41) is 17.6. The van der Waals surface area contributed by atoms with Crippen molar-refractivity contribution in [3.05, 3.63) is 11.0 Å². The minimum absolute atomic E-state index is 0.00194. The number of hydrogen-bond acceptors (Lipinski definition) is 3. The SMILES string of the molecule is CSC(C#N)=CC1[C@@H](C(=O)O)C1(C)C. The first-order valence-corrected chi connectivity index (χ1v) is 5.56. The Hall–Kier alpha value is -0.950. The Morgan fingerprint density at radius 3 is 2.50 bits per heavy atom. The fraction of sp³-hybridized carbons (Fsp3) is 0.600. The van der Waals surface area contributed by atoms with E-state index in [2.05, 4.69) is 6.07 Å². The second-order valence-electron chi connectivity index (χ2n) is 4.01. The highest BCUT2D eigenvalue weighted by molar-refractivity contribution is 8.02. The van der Waals surface area contributed by atoms with Crippen LogP contribution in [0.2, 0.25) is 0 Å². The average molecular weight is 211 g/mol. The van der Waals surface area contributed by atoms with Gasteiger partial charge < -0.3 is 5.11 Å². The van der Waals surface area contributed by atoms with Crippen LogP contribution in [0.1, 0.15) is 13.8 Å². The molecule has 0 bridgehead atoms. The zero-order chi connectivity index (χ0) is 10.9. The van der Waals surface area contributed by atoms with Crippen LogP contribution in [0.3, 0.4) is 0 Å². The molecule has 0 spiro atoms. The minimum Gasteiger partial charge on any atom is -0.481 e. The summed E-state index contributed by atoms with van der Waals surface area (Å²) < 4.78 is 0. The van der Waals surface area contributed by atoms with Crippen molar-refractivity contribution in [2.45, 2.75) is 13.8 Å². The van der Waals surface area contributed by atoms with Gasteiger partial charge in [0.25, 0.3) is 0 Å². The molecule has 76 valence electrons. The predicted octanol–water partition coefficient (Wildman–Crippen LogP) is 2.11. The largest absolute Gasteiger partial charge is 0.481 e. The average Bonchev–Trinajstić information content (AvgIpc) is 2.63. The molecular formula is C10H13NO2S. The van der Waals surface area contributed by atoms with Gasteiger partial charge in [0.05, 0.1) is 10.8 Å². The molecule has 0 radical (unpaired) electrons. The van der Waals surface area contributed by atoms with Gasteiger partial charge in [-0.05, 0) is 17.6 Å². The molecule has 14 heavy (non-hydrogen) atoms. The van der Waals surface area contributed by atoms with Crippen molar-refractivity contribution in [1.82, 2.24) is 0 Å². The topological polar surface area (TPSA) is 61.1 Å². The molecule has 1 fully saturated rings. The van der Waals surface area contributed by atoms with Crippen LogP contribution in [0.4, 0.5) is 0 Å². The van der Waals surface area contributed by atoms with Crippen molar-refractivity contribution in [2.75, 3.05) is 6.26 Å². The van der Waals surface area contributed by atoms with E-state index >= 15 is 0 Å². The Balaban J connectivity index is 2.80. The molecule has 1 aliphatic carbocycles. The van der Waals surface area contributed by atoms with E-state index < -0.39 is 5.97 Å². The van der Waals surface area contributed by atoms with E-state index in [-0.39, 0.29) is 17.3 Å². The molecule has 0 aromatic heterocycles. The summed E-state index contributed by atoms with van der Waals surface area (Å²) >= 11 is 1.36. The maximum absolute atomic E-state index is 10.8. The molecule has 1 N–H and O–H groups in total. The number of aliphatic carboxylic acids is 1. The monoisotopic (exact) mass is 211 g/mol. The summed E-state index contributed by atoms with van der Waals surface area (Å²) in [6, 6.07) is 2.05. The Morgan fingerprint density at radius 1 is 1.64 bits per heavy atom. The van der Waals surface area contributed by atoms with Crippen molar-refractivity contribution in [1.29, 1.82) is 5.26 Å². The zero-order valence-corrected chi connectivity index (χ0v) is 9.26. The first kappa shape index (κ1) is 11.1. The number of carboxylic acid groups (broad SMARTS) is 1. The number of carboxylic acids is 1. The Morgan fingerprint density at radius 2 is 2.21 bits per heavy atom. The molecule has 4 heteroatoms. The van der Waals surface area contributed by atoms with E-state index in [1.807, 2.05) is 20.1 Å². The minimum atomic E-state index is -0.769. The van der Waals surface area contributed by atoms with E-state index in [0.29, 0.717) is 4.91 Å². The Kier molecular flexibility index (Phi) is 2.91. The Labute approximate surface area is 87.8 Å². The second kappa shape index (κ2) is 3.66. The molecular weight excluding hydrogens is 198 g/mol. The van der Waals surface area contributed by atoms with Gasteiger partial charge in [0.15, 0.2) is 0 Å². The summed E-state index contributed by atoms with van der Waals surface area (Å²) in [6.45, 7) is 3.84. The van der Waals surface area contributed by atoms with E-state index in [1.165, 1.54) is 11.8 Å². The fourth-order valence-electron chi connectivity index (χ4n) is 1.77. The molecule has 2 atom stereocenters. The molecule has 0 aromatic carbocycles. The number of hydrogen-bond donors (Lipinski definition) is 1. The van der Waals surface area contributed by atoms with Crippen LogP contribution in [0.15, 0.2) is 11.0 Å². The van der Waals surface area contributed by atoms with Gasteiger partial charge in [0.2, 0.25) is 0 Å². The number of nitriles is 1. The lowest BCUT2D eigenvalue weighted by Crippen LogP contribution is -2.03. The van der Waals surface area contributed by atoms with Gasteiger partial charge in [0.1, 0.15) is 6.07 Å². The molecule has 1 saturated carbocycles. The highest BCUT2D eigenvalue weighted by Crippen LogP contribution is 2.59. The number of allylic oxidation sites excluding steroid dienone is 2. The number of rotatable bonds is 3. The standard InChI is InChI=1S/C10H13NO2S/c1-10(2)7(8(10)9(12)13)4-6(5-11)14-3/h4,7-8H,1-3H3,(H,12,13)/t7?,8-/m0/s1. The van der Waals surface area contributed by atoms with Crippen LogP contribution < -0.4 is 0 Å². The van der Waals surface area contributed by atoms with E-state index in [1.54, 1.807) is 6.08 Å². The van der Waals surface area contributed by atoms with Gasteiger partial charge in [-0.1, -0.05) is 19.9 Å². The van der Waals surface area contributed by atoms with Gasteiger partial charge >= 0.3 is 5.97 Å². The third-order valence-corrected chi connectivity index (χ3v) is 3.50.